The summed E-state index contributed by atoms with van der Waals surface area (Å²) in [6.45, 7) is 1.24. The molecule has 1 heterocycles. The third-order valence-electron chi connectivity index (χ3n) is 0.741. The largest absolute Gasteiger partial charge is 0.354 e. The van der Waals surface area contributed by atoms with E-state index in [1.54, 1.807) is 0 Å². The summed E-state index contributed by atoms with van der Waals surface area (Å²) in [5.74, 6) is 0. The summed E-state index contributed by atoms with van der Waals surface area (Å²) >= 11 is 0. The zero-order chi connectivity index (χ0) is 5.11. The monoisotopic (exact) mass is 102 g/mol. The standard InChI is InChI=1S/C3H7N3O/c7-6-2-4-1-5-3-6/h2,5,7H,1,3H2/p+1. The van der Waals surface area contributed by atoms with Gasteiger partial charge in [-0.3, -0.25) is 5.32 Å². The van der Waals surface area contributed by atoms with Gasteiger partial charge < -0.3 is 5.21 Å². The van der Waals surface area contributed by atoms with Crippen LogP contribution in [0.2, 0.25) is 0 Å². The van der Waals surface area contributed by atoms with Crippen LogP contribution in [-0.4, -0.2) is 29.6 Å². The summed E-state index contributed by atoms with van der Waals surface area (Å²) < 4.78 is 1.05. The molecule has 0 aliphatic carbocycles. The molecular weight excluding hydrogens is 94.1 g/mol. The number of nitrogens with one attached hydrogen (secondary N) is 2. The van der Waals surface area contributed by atoms with Gasteiger partial charge in [-0.25, -0.2) is 5.32 Å². The van der Waals surface area contributed by atoms with Gasteiger partial charge in [0.15, 0.2) is 6.67 Å². The van der Waals surface area contributed by atoms with E-state index in [1.807, 2.05) is 0 Å². The van der Waals surface area contributed by atoms with Crippen LogP contribution in [0.25, 0.3) is 0 Å². The molecule has 1 aliphatic heterocycles. The summed E-state index contributed by atoms with van der Waals surface area (Å²) in [7, 11) is 0. The Labute approximate surface area is 41.4 Å². The van der Waals surface area contributed by atoms with Crippen LogP contribution in [0.5, 0.6) is 0 Å². The van der Waals surface area contributed by atoms with Gasteiger partial charge in [0, 0.05) is 0 Å². The second-order valence-electron chi connectivity index (χ2n) is 1.36. The summed E-state index contributed by atoms with van der Waals surface area (Å²) in [6.07, 6.45) is 1.51. The van der Waals surface area contributed by atoms with E-state index in [1.165, 1.54) is 6.34 Å². The summed E-state index contributed by atoms with van der Waals surface area (Å²) in [5, 5.41) is 14.2. The Balaban J connectivity index is 2.40. The Morgan fingerprint density at radius 2 is 2.57 bits per heavy atom. The minimum atomic E-state index is 0.507. The molecule has 0 atom stereocenters. The van der Waals surface area contributed by atoms with Crippen molar-refractivity contribution in [2.45, 2.75) is 0 Å². The molecule has 40 valence electrons. The van der Waals surface area contributed by atoms with Gasteiger partial charge in [-0.05, 0) is 0 Å². The van der Waals surface area contributed by atoms with Crippen LogP contribution in [0.15, 0.2) is 0 Å². The lowest BCUT2D eigenvalue weighted by Crippen LogP contribution is -2.41. The highest BCUT2D eigenvalue weighted by Gasteiger charge is 1.99. The van der Waals surface area contributed by atoms with Gasteiger partial charge in [-0.2, -0.15) is 0 Å². The molecule has 0 unspecified atom stereocenters. The van der Waals surface area contributed by atoms with E-state index >= 15 is 0 Å². The third kappa shape index (κ3) is 1.04. The zero-order valence-corrected chi connectivity index (χ0v) is 3.89. The summed E-state index contributed by atoms with van der Waals surface area (Å²) in [6, 6.07) is 0. The average molecular weight is 102 g/mol. The molecule has 4 nitrogen and oxygen atoms in total. The van der Waals surface area contributed by atoms with Crippen molar-refractivity contribution < 1.29 is 9.95 Å². The molecule has 7 heavy (non-hydrogen) atoms. The lowest BCUT2D eigenvalue weighted by Gasteiger charge is -2.03. The number of hydrogen-bond donors (Lipinski definition) is 3. The van der Waals surface area contributed by atoms with Crippen molar-refractivity contribution in [2.24, 2.45) is 0 Å². The van der Waals surface area contributed by atoms with E-state index in [0.717, 1.165) is 11.4 Å². The van der Waals surface area contributed by atoms with Gasteiger partial charge in [0.05, 0.1) is 0 Å². The first-order valence-electron chi connectivity index (χ1n) is 2.12. The summed E-state index contributed by atoms with van der Waals surface area (Å²) in [4.78, 5) is 0. The number of nitrogens with zero attached hydrogens (tertiary/aromatic N) is 1. The average Bonchev–Trinajstić information content (AvgIpc) is 1.69. The Kier molecular flexibility index (Phi) is 1.12. The smallest absolute Gasteiger partial charge is 0.274 e. The van der Waals surface area contributed by atoms with Crippen LogP contribution < -0.4 is 10.6 Å². The topological polar surface area (TPSA) is 47.3 Å². The maximum absolute atomic E-state index is 8.56. The highest BCUT2D eigenvalue weighted by Crippen LogP contribution is 1.62. The predicted octanol–water partition coefficient (Wildman–Crippen LogP) is -1.48. The molecule has 0 aromatic heterocycles. The van der Waals surface area contributed by atoms with Gasteiger partial charge in [0.25, 0.3) is 6.34 Å². The van der Waals surface area contributed by atoms with Crippen LogP contribution in [0, 0.1) is 0 Å². The van der Waals surface area contributed by atoms with Crippen molar-refractivity contribution in [2.75, 3.05) is 13.3 Å². The van der Waals surface area contributed by atoms with Crippen molar-refractivity contribution in [3.63, 3.8) is 0 Å². The fourth-order valence-electron chi connectivity index (χ4n) is 0.439. The van der Waals surface area contributed by atoms with Crippen LogP contribution in [0.4, 0.5) is 0 Å². The molecule has 0 spiro atoms. The van der Waals surface area contributed by atoms with E-state index in [4.69, 9.17) is 5.21 Å². The molecule has 1 aliphatic rings. The zero-order valence-electron chi connectivity index (χ0n) is 3.89. The van der Waals surface area contributed by atoms with Crippen molar-refractivity contribution in [3.8, 4) is 0 Å². The van der Waals surface area contributed by atoms with Crippen molar-refractivity contribution in [3.05, 3.63) is 0 Å². The second kappa shape index (κ2) is 1.79. The Morgan fingerprint density at radius 1 is 1.71 bits per heavy atom. The minimum absolute atomic E-state index is 0.507. The fraction of sp³-hybridized carbons (Fsp3) is 0.667. The molecule has 0 bridgehead atoms. The molecule has 0 saturated carbocycles. The quantitative estimate of drug-likeness (QED) is 0.258. The van der Waals surface area contributed by atoms with E-state index in [0.29, 0.717) is 6.67 Å². The maximum Gasteiger partial charge on any atom is 0.274 e. The lowest BCUT2D eigenvalue weighted by molar-refractivity contribution is -0.777. The van der Waals surface area contributed by atoms with E-state index < -0.39 is 0 Å². The number of hydroxylamine groups is 1. The van der Waals surface area contributed by atoms with Gasteiger partial charge in [0.2, 0.25) is 0 Å². The van der Waals surface area contributed by atoms with Crippen molar-refractivity contribution in [1.82, 2.24) is 10.6 Å². The highest BCUT2D eigenvalue weighted by atomic mass is 16.5. The van der Waals surface area contributed by atoms with Gasteiger partial charge in [-0.1, -0.05) is 4.74 Å². The second-order valence-corrected chi connectivity index (χ2v) is 1.36. The Bertz CT molecular complexity index is 90.2. The minimum Gasteiger partial charge on any atom is -0.354 e. The van der Waals surface area contributed by atoms with Crippen LogP contribution in [-0.2, 0) is 0 Å². The number of rotatable bonds is 0. The molecular formula is C3H8N3O+. The third-order valence-corrected chi connectivity index (χ3v) is 0.741. The predicted molar refractivity (Wildman–Crippen MR) is 24.1 cm³/mol. The first-order valence-corrected chi connectivity index (χ1v) is 2.12. The molecule has 3 N–H and O–H groups in total. The van der Waals surface area contributed by atoms with Crippen LogP contribution in [0.3, 0.4) is 0 Å². The molecule has 0 saturated heterocycles. The van der Waals surface area contributed by atoms with Crippen LogP contribution in [0.1, 0.15) is 0 Å². The van der Waals surface area contributed by atoms with E-state index in [2.05, 4.69) is 10.6 Å². The molecule has 0 fully saturated rings. The lowest BCUT2D eigenvalue weighted by atomic mass is 10.8. The number of hydrogen-bond acceptors (Lipinski definition) is 3. The maximum atomic E-state index is 8.56. The molecule has 0 amide bonds. The highest BCUT2D eigenvalue weighted by molar-refractivity contribution is 5.47. The van der Waals surface area contributed by atoms with E-state index in [9.17, 15) is 0 Å². The van der Waals surface area contributed by atoms with Crippen molar-refractivity contribution >= 4 is 6.34 Å². The first-order chi connectivity index (χ1) is 3.39. The Hall–Kier alpha value is -0.770. The fourth-order valence-corrected chi connectivity index (χ4v) is 0.439. The molecule has 4 heteroatoms. The first kappa shape index (κ1) is 4.39. The SMILES string of the molecule is O[N+]1=CNCNC1. The van der Waals surface area contributed by atoms with Gasteiger partial charge >= 0.3 is 0 Å². The van der Waals surface area contributed by atoms with Crippen molar-refractivity contribution in [1.29, 1.82) is 0 Å². The van der Waals surface area contributed by atoms with Gasteiger partial charge in [0.1, 0.15) is 6.67 Å². The normalized spacial score (nSPS) is 20.3. The molecule has 0 aromatic rings. The molecule has 0 radical (unpaired) electrons. The Morgan fingerprint density at radius 3 is 2.86 bits per heavy atom. The van der Waals surface area contributed by atoms with E-state index in [-0.39, 0.29) is 0 Å². The summed E-state index contributed by atoms with van der Waals surface area (Å²) in [5.41, 5.74) is 0. The molecule has 0 aromatic carbocycles. The molecule has 1 rings (SSSR count). The van der Waals surface area contributed by atoms with Crippen LogP contribution >= 0.6 is 0 Å². The van der Waals surface area contributed by atoms with Gasteiger partial charge in [-0.15, -0.1) is 0 Å².